The largest absolute Gasteiger partial charge is 0.387 e. The van der Waals surface area contributed by atoms with Gasteiger partial charge in [-0.25, -0.2) is 0 Å². The average molecular weight is 200 g/mol. The number of nitrogens with zero attached hydrogens (tertiary/aromatic N) is 1. The molecule has 0 aliphatic carbocycles. The second-order valence-corrected chi connectivity index (χ2v) is 5.64. The van der Waals surface area contributed by atoms with Crippen LogP contribution < -0.4 is 5.73 Å². The van der Waals surface area contributed by atoms with Crippen LogP contribution in [0.5, 0.6) is 0 Å². The Kier molecular flexibility index (Phi) is 4.10. The van der Waals surface area contributed by atoms with Gasteiger partial charge in [0.05, 0.1) is 12.4 Å². The van der Waals surface area contributed by atoms with Gasteiger partial charge in [-0.1, -0.05) is 6.92 Å². The van der Waals surface area contributed by atoms with Crippen molar-refractivity contribution in [3.63, 3.8) is 0 Å². The first kappa shape index (κ1) is 10.9. The molecule has 1 rings (SSSR count). The van der Waals surface area contributed by atoms with Crippen molar-refractivity contribution in [2.75, 3.05) is 12.3 Å². The molecular formula is C10H20N2S. The number of aliphatic imine (C=N–C) groups is 1. The molecule has 0 bridgehead atoms. The maximum absolute atomic E-state index is 5.76. The Bertz CT molecular complexity index is 183. The summed E-state index contributed by atoms with van der Waals surface area (Å²) in [5.74, 6) is 2.12. The van der Waals surface area contributed by atoms with Gasteiger partial charge < -0.3 is 5.73 Å². The van der Waals surface area contributed by atoms with E-state index < -0.39 is 0 Å². The van der Waals surface area contributed by atoms with Gasteiger partial charge in [-0.2, -0.15) is 11.8 Å². The fourth-order valence-corrected chi connectivity index (χ4v) is 2.79. The van der Waals surface area contributed by atoms with Crippen LogP contribution >= 0.6 is 11.8 Å². The minimum Gasteiger partial charge on any atom is -0.387 e. The van der Waals surface area contributed by atoms with Gasteiger partial charge in [0, 0.05) is 11.2 Å². The lowest BCUT2D eigenvalue weighted by atomic mass is 10.1. The zero-order valence-corrected chi connectivity index (χ0v) is 9.49. The van der Waals surface area contributed by atoms with Crippen LogP contribution in [0.1, 0.15) is 39.5 Å². The monoisotopic (exact) mass is 200 g/mol. The fraction of sp³-hybridized carbons (Fsp3) is 0.900. The second kappa shape index (κ2) is 4.89. The summed E-state index contributed by atoms with van der Waals surface area (Å²) in [6, 6.07) is 0. The molecular weight excluding hydrogens is 180 g/mol. The van der Waals surface area contributed by atoms with Gasteiger partial charge in [0.15, 0.2) is 0 Å². The van der Waals surface area contributed by atoms with E-state index in [1.807, 2.05) is 11.8 Å². The van der Waals surface area contributed by atoms with Crippen LogP contribution in [-0.2, 0) is 0 Å². The van der Waals surface area contributed by atoms with E-state index >= 15 is 0 Å². The summed E-state index contributed by atoms with van der Waals surface area (Å²) in [6.45, 7) is 5.34. The molecule has 1 unspecified atom stereocenters. The van der Waals surface area contributed by atoms with Crippen LogP contribution in [0.4, 0.5) is 0 Å². The molecule has 0 radical (unpaired) electrons. The molecule has 1 atom stereocenters. The summed E-state index contributed by atoms with van der Waals surface area (Å²) >= 11 is 2.04. The van der Waals surface area contributed by atoms with E-state index in [0.717, 1.165) is 25.2 Å². The van der Waals surface area contributed by atoms with Crippen molar-refractivity contribution in [3.8, 4) is 0 Å². The highest BCUT2D eigenvalue weighted by Crippen LogP contribution is 2.37. The van der Waals surface area contributed by atoms with Crippen LogP contribution in [0.25, 0.3) is 0 Å². The van der Waals surface area contributed by atoms with E-state index in [9.17, 15) is 0 Å². The molecule has 0 aromatic heterocycles. The molecule has 1 fully saturated rings. The molecule has 0 amide bonds. The molecule has 0 saturated carbocycles. The zero-order chi connectivity index (χ0) is 9.73. The molecule has 1 heterocycles. The minimum atomic E-state index is 0.373. The van der Waals surface area contributed by atoms with Gasteiger partial charge in [0.2, 0.25) is 0 Å². The van der Waals surface area contributed by atoms with Crippen molar-refractivity contribution >= 4 is 17.6 Å². The van der Waals surface area contributed by atoms with Crippen molar-refractivity contribution < 1.29 is 0 Å². The molecule has 1 aliphatic rings. The van der Waals surface area contributed by atoms with E-state index in [-0.39, 0.29) is 0 Å². The van der Waals surface area contributed by atoms with Crippen LogP contribution in [0, 0.1) is 0 Å². The van der Waals surface area contributed by atoms with E-state index in [0.29, 0.717) is 4.75 Å². The Labute approximate surface area is 85.4 Å². The molecule has 13 heavy (non-hydrogen) atoms. The zero-order valence-electron chi connectivity index (χ0n) is 8.68. The predicted octanol–water partition coefficient (Wildman–Crippen LogP) is 2.43. The Balaban J connectivity index is 2.35. The number of thioether (sulfide) groups is 1. The topological polar surface area (TPSA) is 38.4 Å². The fourth-order valence-electron chi connectivity index (χ4n) is 1.57. The molecule has 1 saturated heterocycles. The smallest absolute Gasteiger partial charge is 0.0937 e. The van der Waals surface area contributed by atoms with Gasteiger partial charge in [-0.15, -0.1) is 0 Å². The standard InChI is InChI=1S/C10H20N2S/c1-3-5-9(11)12-8-10(2)6-4-7-13-10/h3-8H2,1-2H3,(H2,11,12). The van der Waals surface area contributed by atoms with Crippen molar-refractivity contribution in [3.05, 3.63) is 0 Å². The highest BCUT2D eigenvalue weighted by atomic mass is 32.2. The van der Waals surface area contributed by atoms with Gasteiger partial charge in [-0.05, 0) is 31.9 Å². The lowest BCUT2D eigenvalue weighted by Gasteiger charge is -2.19. The summed E-state index contributed by atoms with van der Waals surface area (Å²) in [6.07, 6.45) is 4.67. The van der Waals surface area contributed by atoms with Crippen LogP contribution in [0.3, 0.4) is 0 Å². The Hall–Kier alpha value is -0.180. The first-order chi connectivity index (χ1) is 6.16. The number of amidine groups is 1. The number of hydrogen-bond acceptors (Lipinski definition) is 2. The quantitative estimate of drug-likeness (QED) is 0.559. The van der Waals surface area contributed by atoms with Crippen molar-refractivity contribution in [2.24, 2.45) is 10.7 Å². The number of hydrogen-bond donors (Lipinski definition) is 1. The van der Waals surface area contributed by atoms with E-state index in [2.05, 4.69) is 18.8 Å². The maximum atomic E-state index is 5.76. The third-order valence-corrected chi connectivity index (χ3v) is 3.95. The predicted molar refractivity (Wildman–Crippen MR) is 61.5 cm³/mol. The summed E-state index contributed by atoms with van der Waals surface area (Å²) < 4.78 is 0.373. The average Bonchev–Trinajstić information content (AvgIpc) is 2.51. The molecule has 0 spiro atoms. The van der Waals surface area contributed by atoms with Crippen molar-refractivity contribution in [1.29, 1.82) is 0 Å². The Morgan fingerprint density at radius 2 is 2.38 bits per heavy atom. The van der Waals surface area contributed by atoms with E-state index in [1.165, 1.54) is 18.6 Å². The number of rotatable bonds is 4. The van der Waals surface area contributed by atoms with Crippen molar-refractivity contribution in [1.82, 2.24) is 0 Å². The maximum Gasteiger partial charge on any atom is 0.0937 e. The highest BCUT2D eigenvalue weighted by Gasteiger charge is 2.28. The van der Waals surface area contributed by atoms with Crippen LogP contribution in [0.15, 0.2) is 4.99 Å². The first-order valence-corrected chi connectivity index (χ1v) is 6.07. The molecule has 2 nitrogen and oxygen atoms in total. The molecule has 2 N–H and O–H groups in total. The summed E-state index contributed by atoms with van der Waals surface area (Å²) in [4.78, 5) is 4.44. The summed E-state index contributed by atoms with van der Waals surface area (Å²) in [7, 11) is 0. The van der Waals surface area contributed by atoms with Gasteiger partial charge >= 0.3 is 0 Å². The molecule has 76 valence electrons. The van der Waals surface area contributed by atoms with Gasteiger partial charge in [0.1, 0.15) is 0 Å². The number of nitrogens with two attached hydrogens (primary N) is 1. The lowest BCUT2D eigenvalue weighted by Crippen LogP contribution is -2.23. The van der Waals surface area contributed by atoms with Crippen LogP contribution in [0.2, 0.25) is 0 Å². The van der Waals surface area contributed by atoms with Gasteiger partial charge in [0.25, 0.3) is 0 Å². The normalized spacial score (nSPS) is 29.5. The van der Waals surface area contributed by atoms with Crippen LogP contribution in [-0.4, -0.2) is 22.9 Å². The molecule has 0 aromatic rings. The molecule has 3 heteroatoms. The second-order valence-electron chi connectivity index (χ2n) is 3.96. The SMILES string of the molecule is CCCC(N)=NCC1(C)CCCS1. The molecule has 0 aromatic carbocycles. The minimum absolute atomic E-state index is 0.373. The third kappa shape index (κ3) is 3.59. The van der Waals surface area contributed by atoms with E-state index in [4.69, 9.17) is 5.73 Å². The summed E-state index contributed by atoms with van der Waals surface area (Å²) in [5.41, 5.74) is 5.76. The van der Waals surface area contributed by atoms with Crippen molar-refractivity contribution in [2.45, 2.75) is 44.3 Å². The van der Waals surface area contributed by atoms with E-state index in [1.54, 1.807) is 0 Å². The summed E-state index contributed by atoms with van der Waals surface area (Å²) in [5, 5.41) is 0. The highest BCUT2D eigenvalue weighted by molar-refractivity contribution is 8.00. The first-order valence-electron chi connectivity index (χ1n) is 5.09. The Morgan fingerprint density at radius 3 is 2.92 bits per heavy atom. The molecule has 1 aliphatic heterocycles. The lowest BCUT2D eigenvalue weighted by molar-refractivity contribution is 0.618. The Morgan fingerprint density at radius 1 is 1.62 bits per heavy atom. The van der Waals surface area contributed by atoms with Gasteiger partial charge in [-0.3, -0.25) is 4.99 Å². The third-order valence-electron chi connectivity index (χ3n) is 2.42.